The first kappa shape index (κ1) is 35.2. The van der Waals surface area contributed by atoms with Gasteiger partial charge in [0.15, 0.2) is 0 Å². The van der Waals surface area contributed by atoms with Gasteiger partial charge < -0.3 is 28.8 Å². The van der Waals surface area contributed by atoms with E-state index in [9.17, 15) is 27.2 Å². The van der Waals surface area contributed by atoms with Crippen LogP contribution in [0.3, 0.4) is 0 Å². The summed E-state index contributed by atoms with van der Waals surface area (Å²) in [6.07, 6.45) is 2.40. The molecule has 0 unspecified atom stereocenters. The van der Waals surface area contributed by atoms with Crippen LogP contribution in [0.2, 0.25) is 0 Å². The number of halogens is 4. The highest BCUT2D eigenvalue weighted by atomic mass is 19.1. The van der Waals surface area contributed by atoms with Crippen molar-refractivity contribution in [1.82, 2.24) is 9.97 Å². The van der Waals surface area contributed by atoms with E-state index in [0.29, 0.717) is 52.1 Å². The monoisotopic (exact) mass is 684 g/mol. The van der Waals surface area contributed by atoms with Crippen LogP contribution in [0, 0.1) is 23.3 Å². The molecule has 0 aliphatic carbocycles. The second-order valence-corrected chi connectivity index (χ2v) is 11.0. The molecule has 0 spiro atoms. The number of pyridine rings is 2. The van der Waals surface area contributed by atoms with Crippen LogP contribution in [0.4, 0.5) is 17.6 Å². The van der Waals surface area contributed by atoms with Crippen LogP contribution >= 0.6 is 0 Å². The van der Waals surface area contributed by atoms with Crippen molar-refractivity contribution in [1.29, 1.82) is 0 Å². The number of esters is 1. The zero-order valence-electron chi connectivity index (χ0n) is 26.3. The van der Waals surface area contributed by atoms with E-state index >= 15 is 0 Å². The highest BCUT2D eigenvalue weighted by Gasteiger charge is 2.22. The van der Waals surface area contributed by atoms with Crippen molar-refractivity contribution in [2.75, 3.05) is 33.5 Å². The molecule has 0 atom stereocenters. The molecular weight excluding hydrogens is 652 g/mol. The topological polar surface area (TPSA) is 126 Å². The van der Waals surface area contributed by atoms with Crippen LogP contribution in [0.15, 0.2) is 60.7 Å². The number of aromatic nitrogens is 2. The van der Waals surface area contributed by atoms with Crippen molar-refractivity contribution in [3.8, 4) is 34.0 Å². The quantitative estimate of drug-likeness (QED) is 0.159. The number of carboxylic acid groups (broad SMARTS) is 1. The van der Waals surface area contributed by atoms with E-state index in [2.05, 4.69) is 14.7 Å². The average Bonchev–Trinajstić information content (AvgIpc) is 3.09. The highest BCUT2D eigenvalue weighted by Crippen LogP contribution is 2.31. The zero-order chi connectivity index (χ0) is 34.9. The van der Waals surface area contributed by atoms with E-state index in [-0.39, 0.29) is 57.6 Å². The van der Waals surface area contributed by atoms with Gasteiger partial charge in [-0.3, -0.25) is 0 Å². The molecule has 1 N–H and O–H groups in total. The Morgan fingerprint density at radius 1 is 0.673 bits per heavy atom. The molecule has 2 aromatic heterocycles. The average molecular weight is 685 g/mol. The minimum absolute atomic E-state index is 0.00974. The maximum atomic E-state index is 14.5. The molecule has 0 radical (unpaired) electrons. The van der Waals surface area contributed by atoms with Gasteiger partial charge >= 0.3 is 11.9 Å². The summed E-state index contributed by atoms with van der Waals surface area (Å²) in [5.74, 6) is -5.06. The Kier molecular flexibility index (Phi) is 11.8. The van der Waals surface area contributed by atoms with Crippen LogP contribution in [0.5, 0.6) is 11.5 Å². The number of rotatable bonds is 8. The number of carbonyl (C=O) groups excluding carboxylic acids is 1. The number of carboxylic acids is 1. The van der Waals surface area contributed by atoms with Crippen LogP contribution in [0.25, 0.3) is 22.5 Å². The summed E-state index contributed by atoms with van der Waals surface area (Å²) in [6.45, 7) is 2.25. The molecule has 2 saturated heterocycles. The number of benzene rings is 2. The van der Waals surface area contributed by atoms with Gasteiger partial charge in [0.25, 0.3) is 0 Å². The van der Waals surface area contributed by atoms with Gasteiger partial charge in [-0.1, -0.05) is 12.1 Å². The van der Waals surface area contributed by atoms with Gasteiger partial charge in [0.05, 0.1) is 56.1 Å². The minimum atomic E-state index is -1.27. The largest absolute Gasteiger partial charge is 0.490 e. The maximum Gasteiger partial charge on any atom is 0.356 e. The molecule has 6 rings (SSSR count). The summed E-state index contributed by atoms with van der Waals surface area (Å²) < 4.78 is 83.9. The molecule has 14 heteroatoms. The molecule has 0 amide bonds. The summed E-state index contributed by atoms with van der Waals surface area (Å²) in [4.78, 5) is 30.2. The van der Waals surface area contributed by atoms with Gasteiger partial charge in [0, 0.05) is 49.9 Å². The standard InChI is InChI=1S/C18H17F2NO4.C17H15F2NO4/c1-23-18(22)16-4-2-3-15(21-16)17-13(19)9-12(10-14(17)20)25-11-5-7-24-8-6-11;18-12-8-11(24-10-4-6-23-7-5-10)9-13(19)16(12)14-2-1-3-15(20-14)17(21)22/h2-4,9-11H,5-8H2,1H3;1-3,8-10H,4-7H2,(H,21,22). The van der Waals surface area contributed by atoms with Crippen molar-refractivity contribution in [2.24, 2.45) is 0 Å². The number of nitrogens with zero attached hydrogens (tertiary/aromatic N) is 2. The molecule has 0 saturated carbocycles. The third kappa shape index (κ3) is 9.09. The molecule has 4 heterocycles. The van der Waals surface area contributed by atoms with Crippen molar-refractivity contribution < 1.29 is 55.9 Å². The van der Waals surface area contributed by atoms with Gasteiger partial charge in [0.1, 0.15) is 58.4 Å². The Labute approximate surface area is 278 Å². The molecule has 2 aliphatic heterocycles. The fraction of sp³-hybridized carbons (Fsp3) is 0.314. The Balaban J connectivity index is 0.000000191. The van der Waals surface area contributed by atoms with Crippen molar-refractivity contribution in [3.05, 3.63) is 95.3 Å². The van der Waals surface area contributed by atoms with Crippen LogP contribution in [-0.4, -0.2) is 72.8 Å². The fourth-order valence-corrected chi connectivity index (χ4v) is 5.18. The Morgan fingerprint density at radius 3 is 1.45 bits per heavy atom. The molecule has 10 nitrogen and oxygen atoms in total. The van der Waals surface area contributed by atoms with Crippen molar-refractivity contribution in [2.45, 2.75) is 37.9 Å². The molecule has 4 aromatic rings. The highest BCUT2D eigenvalue weighted by molar-refractivity contribution is 5.88. The first-order valence-corrected chi connectivity index (χ1v) is 15.4. The van der Waals surface area contributed by atoms with Crippen LogP contribution < -0.4 is 9.47 Å². The van der Waals surface area contributed by atoms with E-state index in [1.54, 1.807) is 0 Å². The van der Waals surface area contributed by atoms with E-state index in [1.807, 2.05) is 0 Å². The lowest BCUT2D eigenvalue weighted by molar-refractivity contribution is 0.0251. The molecule has 2 aromatic carbocycles. The van der Waals surface area contributed by atoms with E-state index in [1.165, 1.54) is 43.5 Å². The first-order valence-electron chi connectivity index (χ1n) is 15.4. The van der Waals surface area contributed by atoms with Gasteiger partial charge in [-0.15, -0.1) is 0 Å². The zero-order valence-corrected chi connectivity index (χ0v) is 26.3. The SMILES string of the molecule is COC(=O)c1cccc(-c2c(F)cc(OC3CCOCC3)cc2F)n1.O=C(O)c1cccc(-c2c(F)cc(OC3CCOCC3)cc2F)n1. The van der Waals surface area contributed by atoms with Crippen molar-refractivity contribution in [3.63, 3.8) is 0 Å². The Bertz CT molecular complexity index is 1750. The lowest BCUT2D eigenvalue weighted by atomic mass is 10.1. The van der Waals surface area contributed by atoms with E-state index in [4.69, 9.17) is 24.1 Å². The Morgan fingerprint density at radius 2 is 1.06 bits per heavy atom. The predicted octanol–water partition coefficient (Wildman–Crippen LogP) is 6.65. The summed E-state index contributed by atoms with van der Waals surface area (Å²) in [5.41, 5.74) is -1.07. The lowest BCUT2D eigenvalue weighted by Crippen LogP contribution is -2.26. The fourth-order valence-electron chi connectivity index (χ4n) is 5.18. The summed E-state index contributed by atoms with van der Waals surface area (Å²) in [6, 6.07) is 12.7. The van der Waals surface area contributed by atoms with Crippen LogP contribution in [0.1, 0.15) is 46.7 Å². The third-order valence-corrected chi connectivity index (χ3v) is 7.60. The van der Waals surface area contributed by atoms with Gasteiger partial charge in [-0.25, -0.2) is 37.1 Å². The number of aromatic carboxylic acids is 1. The smallest absolute Gasteiger partial charge is 0.356 e. The van der Waals surface area contributed by atoms with E-state index in [0.717, 1.165) is 24.3 Å². The number of ether oxygens (including phenoxy) is 5. The van der Waals surface area contributed by atoms with Crippen LogP contribution in [-0.2, 0) is 14.2 Å². The molecule has 49 heavy (non-hydrogen) atoms. The normalized spacial score (nSPS) is 15.1. The molecule has 2 aliphatic rings. The maximum absolute atomic E-state index is 14.5. The number of hydrogen-bond acceptors (Lipinski definition) is 9. The summed E-state index contributed by atoms with van der Waals surface area (Å²) in [7, 11) is 1.21. The third-order valence-electron chi connectivity index (χ3n) is 7.60. The number of hydrogen-bond donors (Lipinski definition) is 1. The molecular formula is C35H32F4N2O8. The first-order chi connectivity index (χ1) is 23.6. The minimum Gasteiger partial charge on any atom is -0.490 e. The second-order valence-electron chi connectivity index (χ2n) is 11.0. The Hall–Kier alpha value is -5.08. The van der Waals surface area contributed by atoms with Gasteiger partial charge in [-0.2, -0.15) is 0 Å². The molecule has 0 bridgehead atoms. The predicted molar refractivity (Wildman–Crippen MR) is 166 cm³/mol. The second kappa shape index (κ2) is 16.3. The van der Waals surface area contributed by atoms with Gasteiger partial charge in [0.2, 0.25) is 0 Å². The van der Waals surface area contributed by atoms with E-state index < -0.39 is 35.2 Å². The number of methoxy groups -OCH3 is 1. The van der Waals surface area contributed by atoms with Gasteiger partial charge in [-0.05, 0) is 24.3 Å². The number of carbonyl (C=O) groups is 2. The molecule has 258 valence electrons. The summed E-state index contributed by atoms with van der Waals surface area (Å²) >= 11 is 0. The summed E-state index contributed by atoms with van der Waals surface area (Å²) in [5, 5.41) is 8.94. The molecule has 2 fully saturated rings. The van der Waals surface area contributed by atoms with Crippen molar-refractivity contribution >= 4 is 11.9 Å². The lowest BCUT2D eigenvalue weighted by Gasteiger charge is -2.23.